The molecule has 0 fully saturated rings. The smallest absolute Gasteiger partial charge is 0.169 e. The Bertz CT molecular complexity index is 591. The Balaban J connectivity index is 2.27. The van der Waals surface area contributed by atoms with Gasteiger partial charge in [0.2, 0.25) is 0 Å². The van der Waals surface area contributed by atoms with Gasteiger partial charge in [0.05, 0.1) is 12.2 Å². The van der Waals surface area contributed by atoms with Crippen LogP contribution in [-0.4, -0.2) is 21.9 Å². The fourth-order valence-electron chi connectivity index (χ4n) is 2.88. The van der Waals surface area contributed by atoms with E-state index in [4.69, 9.17) is 4.74 Å². The minimum Gasteiger partial charge on any atom is -0.504 e. The molecule has 1 rings (SSSR count). The minimum atomic E-state index is -0.320. The van der Waals surface area contributed by atoms with Crippen molar-refractivity contribution < 1.29 is 20.1 Å². The summed E-state index contributed by atoms with van der Waals surface area (Å²) < 4.78 is 5.27. The maximum atomic E-state index is 10.2. The van der Waals surface area contributed by atoms with Crippen LogP contribution in [0.15, 0.2) is 24.3 Å². The van der Waals surface area contributed by atoms with Crippen molar-refractivity contribution in [1.29, 1.82) is 0 Å². The van der Waals surface area contributed by atoms with Crippen LogP contribution in [-0.2, 0) is 0 Å². The van der Waals surface area contributed by atoms with Crippen LogP contribution in [0.4, 0.5) is 0 Å². The second kappa shape index (κ2) is 14.0. The molecule has 0 saturated heterocycles. The molecule has 27 heavy (non-hydrogen) atoms. The van der Waals surface area contributed by atoms with Crippen molar-refractivity contribution in [3.8, 4) is 23.0 Å². The number of phenolic OH excluding ortho intramolecular Hbond substituents is 3. The van der Waals surface area contributed by atoms with Crippen LogP contribution >= 0.6 is 0 Å². The molecule has 0 spiro atoms. The molecule has 4 heteroatoms. The fourth-order valence-corrected chi connectivity index (χ4v) is 2.88. The largest absolute Gasteiger partial charge is 0.504 e. The molecule has 0 atom stereocenters. The van der Waals surface area contributed by atoms with Crippen LogP contribution in [0.5, 0.6) is 23.0 Å². The maximum Gasteiger partial charge on any atom is 0.169 e. The van der Waals surface area contributed by atoms with E-state index in [1.54, 1.807) is 13.0 Å². The molecule has 0 radical (unpaired) electrons. The SMILES string of the molecule is CCCCC=CCCCCCCCC=Cc1c(O)c(O)cc(OCC)c1O. The normalized spacial score (nSPS) is 11.6. The summed E-state index contributed by atoms with van der Waals surface area (Å²) in [4.78, 5) is 0. The first-order chi connectivity index (χ1) is 13.1. The molecule has 0 amide bonds. The van der Waals surface area contributed by atoms with E-state index in [0.717, 1.165) is 12.8 Å². The Morgan fingerprint density at radius 2 is 1.37 bits per heavy atom. The van der Waals surface area contributed by atoms with E-state index in [2.05, 4.69) is 19.1 Å². The first-order valence-corrected chi connectivity index (χ1v) is 10.3. The lowest BCUT2D eigenvalue weighted by molar-refractivity contribution is 0.311. The molecular weight excluding hydrogens is 340 g/mol. The van der Waals surface area contributed by atoms with Crippen LogP contribution in [0, 0.1) is 0 Å². The molecule has 0 saturated carbocycles. The Kier molecular flexibility index (Phi) is 11.9. The molecule has 4 nitrogen and oxygen atoms in total. The van der Waals surface area contributed by atoms with Gasteiger partial charge in [-0.25, -0.2) is 0 Å². The molecule has 1 aromatic carbocycles. The number of benzene rings is 1. The number of hydrogen-bond acceptors (Lipinski definition) is 4. The third-order valence-electron chi connectivity index (χ3n) is 4.47. The fraction of sp³-hybridized carbons (Fsp3) is 0.565. The number of unbranched alkanes of at least 4 members (excludes halogenated alkanes) is 8. The third kappa shape index (κ3) is 8.89. The van der Waals surface area contributed by atoms with E-state index in [0.29, 0.717) is 6.61 Å². The Morgan fingerprint density at radius 1 is 0.778 bits per heavy atom. The highest BCUT2D eigenvalue weighted by Crippen LogP contribution is 2.43. The monoisotopic (exact) mass is 376 g/mol. The highest BCUT2D eigenvalue weighted by molar-refractivity contribution is 5.71. The lowest BCUT2D eigenvalue weighted by Gasteiger charge is -2.11. The van der Waals surface area contributed by atoms with Gasteiger partial charge in [0.15, 0.2) is 23.0 Å². The van der Waals surface area contributed by atoms with E-state index < -0.39 is 0 Å². The van der Waals surface area contributed by atoms with Crippen molar-refractivity contribution in [2.45, 2.75) is 78.1 Å². The van der Waals surface area contributed by atoms with Crippen LogP contribution in [0.3, 0.4) is 0 Å². The molecule has 152 valence electrons. The van der Waals surface area contributed by atoms with Crippen LogP contribution in [0.2, 0.25) is 0 Å². The zero-order valence-corrected chi connectivity index (χ0v) is 16.9. The second-order valence-electron chi connectivity index (χ2n) is 6.80. The molecule has 0 heterocycles. The number of allylic oxidation sites excluding steroid dienone is 3. The van der Waals surface area contributed by atoms with Gasteiger partial charge in [-0.05, 0) is 39.0 Å². The summed E-state index contributed by atoms with van der Waals surface area (Å²) in [5.74, 6) is -0.578. The summed E-state index contributed by atoms with van der Waals surface area (Å²) in [5, 5.41) is 29.9. The van der Waals surface area contributed by atoms with Gasteiger partial charge in [0.25, 0.3) is 0 Å². The Hall–Kier alpha value is -2.10. The van der Waals surface area contributed by atoms with Gasteiger partial charge in [-0.2, -0.15) is 0 Å². The van der Waals surface area contributed by atoms with Crippen molar-refractivity contribution in [3.05, 3.63) is 29.9 Å². The van der Waals surface area contributed by atoms with Gasteiger partial charge in [-0.3, -0.25) is 0 Å². The van der Waals surface area contributed by atoms with Crippen molar-refractivity contribution >= 4 is 6.08 Å². The molecule has 0 aliphatic heterocycles. The van der Waals surface area contributed by atoms with Crippen LogP contribution in [0.1, 0.15) is 83.6 Å². The predicted molar refractivity (Wildman–Crippen MR) is 113 cm³/mol. The summed E-state index contributed by atoms with van der Waals surface area (Å²) in [6.45, 7) is 4.38. The number of rotatable bonds is 14. The van der Waals surface area contributed by atoms with Gasteiger partial charge < -0.3 is 20.1 Å². The van der Waals surface area contributed by atoms with E-state index in [9.17, 15) is 15.3 Å². The minimum absolute atomic E-state index is 0.143. The Morgan fingerprint density at radius 3 is 2.00 bits per heavy atom. The van der Waals surface area contributed by atoms with Gasteiger partial charge in [-0.1, -0.05) is 63.3 Å². The summed E-state index contributed by atoms with van der Waals surface area (Å²) in [6.07, 6.45) is 20.0. The molecule has 1 aromatic rings. The van der Waals surface area contributed by atoms with Gasteiger partial charge in [-0.15, -0.1) is 0 Å². The van der Waals surface area contributed by atoms with Gasteiger partial charge >= 0.3 is 0 Å². The number of ether oxygens (including phenoxy) is 1. The third-order valence-corrected chi connectivity index (χ3v) is 4.47. The van der Waals surface area contributed by atoms with Gasteiger partial charge in [0.1, 0.15) is 0 Å². The number of phenols is 3. The zero-order valence-electron chi connectivity index (χ0n) is 16.9. The van der Waals surface area contributed by atoms with Crippen molar-refractivity contribution in [2.24, 2.45) is 0 Å². The first kappa shape index (κ1) is 22.9. The standard InChI is InChI=1S/C23H36O4/c1-3-5-6-7-8-9-10-11-12-13-14-15-16-17-19-22(25)20(24)18-21(23(19)26)27-4-2/h7-8,16-18,24-26H,3-6,9-15H2,1-2H3. The summed E-state index contributed by atoms with van der Waals surface area (Å²) in [6, 6.07) is 1.23. The highest BCUT2D eigenvalue weighted by atomic mass is 16.5. The van der Waals surface area contributed by atoms with E-state index in [1.807, 2.05) is 6.08 Å². The van der Waals surface area contributed by atoms with E-state index >= 15 is 0 Å². The topological polar surface area (TPSA) is 69.9 Å². The second-order valence-corrected chi connectivity index (χ2v) is 6.80. The summed E-state index contributed by atoms with van der Waals surface area (Å²) in [5.41, 5.74) is 0.202. The summed E-state index contributed by atoms with van der Waals surface area (Å²) >= 11 is 0. The predicted octanol–water partition coefficient (Wildman–Crippen LogP) is 6.69. The average molecular weight is 377 g/mol. The van der Waals surface area contributed by atoms with Crippen LogP contribution in [0.25, 0.3) is 6.08 Å². The van der Waals surface area contributed by atoms with E-state index in [1.165, 1.54) is 57.4 Å². The maximum absolute atomic E-state index is 10.2. The van der Waals surface area contributed by atoms with E-state index in [-0.39, 0.29) is 28.6 Å². The number of aromatic hydroxyl groups is 3. The van der Waals surface area contributed by atoms with Crippen LogP contribution < -0.4 is 4.74 Å². The number of hydrogen-bond donors (Lipinski definition) is 3. The van der Waals surface area contributed by atoms with Crippen molar-refractivity contribution in [2.75, 3.05) is 6.61 Å². The quantitative estimate of drug-likeness (QED) is 0.146. The summed E-state index contributed by atoms with van der Waals surface area (Å²) in [7, 11) is 0. The molecule has 0 unspecified atom stereocenters. The molecule has 0 bridgehead atoms. The molecule has 0 aliphatic carbocycles. The molecule has 3 N–H and O–H groups in total. The van der Waals surface area contributed by atoms with Crippen molar-refractivity contribution in [1.82, 2.24) is 0 Å². The zero-order chi connectivity index (χ0) is 19.9. The lowest BCUT2D eigenvalue weighted by atomic mass is 10.1. The lowest BCUT2D eigenvalue weighted by Crippen LogP contribution is -1.93. The molecule has 0 aliphatic rings. The van der Waals surface area contributed by atoms with Crippen molar-refractivity contribution in [3.63, 3.8) is 0 Å². The first-order valence-electron chi connectivity index (χ1n) is 10.3. The molecule has 0 aromatic heterocycles. The Labute approximate surface area is 164 Å². The highest BCUT2D eigenvalue weighted by Gasteiger charge is 2.15. The van der Waals surface area contributed by atoms with Gasteiger partial charge in [0, 0.05) is 6.07 Å². The average Bonchev–Trinajstić information content (AvgIpc) is 2.66. The molecular formula is C23H36O4.